The van der Waals surface area contributed by atoms with Crippen molar-refractivity contribution >= 4 is 13.6 Å². The highest BCUT2D eigenvalue weighted by molar-refractivity contribution is 6.04. The Morgan fingerprint density at radius 2 is 1.86 bits per heavy atom. The lowest BCUT2D eigenvalue weighted by Gasteiger charge is -2.33. The topological polar surface area (TPSA) is 6.48 Å². The van der Waals surface area contributed by atoms with Crippen molar-refractivity contribution in [2.24, 2.45) is 5.41 Å². The van der Waals surface area contributed by atoms with Crippen LogP contribution >= 0.6 is 0 Å². The molecule has 1 heterocycles. The fourth-order valence-corrected chi connectivity index (χ4v) is 7.05. The highest BCUT2D eigenvalue weighted by atomic mass is 15.1. The van der Waals surface area contributed by atoms with Crippen LogP contribution < -0.4 is 0 Å². The summed E-state index contributed by atoms with van der Waals surface area (Å²) in [5, 5.41) is 0. The summed E-state index contributed by atoms with van der Waals surface area (Å²) in [5.74, 6) is 0. The monoisotopic (exact) mass is 562 g/mol. The number of aryl methyl sites for hydroxylation is 3. The maximum atomic E-state index is 6.26. The van der Waals surface area contributed by atoms with Crippen LogP contribution in [0.5, 0.6) is 0 Å². The van der Waals surface area contributed by atoms with Crippen molar-refractivity contribution in [2.75, 3.05) is 19.6 Å². The summed E-state index contributed by atoms with van der Waals surface area (Å²) in [6.07, 6.45) is 10.8. The highest BCUT2D eigenvalue weighted by Gasteiger charge is 2.43. The molecule has 2 radical (unpaired) electrons. The zero-order valence-corrected chi connectivity index (χ0v) is 28.0. The molecule has 2 aliphatic rings. The van der Waals surface area contributed by atoms with Crippen molar-refractivity contribution in [2.45, 2.75) is 113 Å². The van der Waals surface area contributed by atoms with E-state index in [9.17, 15) is 0 Å². The van der Waals surface area contributed by atoms with Gasteiger partial charge in [0.15, 0.2) is 7.98 Å². The molecule has 0 bridgehead atoms. The van der Waals surface area contributed by atoms with Crippen molar-refractivity contribution < 1.29 is 0 Å². The molecule has 2 nitrogen and oxygen atoms in total. The van der Waals surface area contributed by atoms with E-state index in [1.807, 2.05) is 4.81 Å². The molecule has 1 atom stereocenters. The van der Waals surface area contributed by atoms with Gasteiger partial charge in [-0.05, 0) is 161 Å². The first-order valence-corrected chi connectivity index (χ1v) is 16.5. The fourth-order valence-electron chi connectivity index (χ4n) is 7.05. The van der Waals surface area contributed by atoms with Gasteiger partial charge in [-0.2, -0.15) is 0 Å². The second-order valence-corrected chi connectivity index (χ2v) is 13.4. The molecule has 1 saturated carbocycles. The van der Waals surface area contributed by atoms with E-state index in [1.165, 1.54) is 94.3 Å². The maximum Gasteiger partial charge on any atom is 0.183 e. The molecular formula is C39H55BN2. The third-order valence-electron chi connectivity index (χ3n) is 10.3. The average molecular weight is 563 g/mol. The van der Waals surface area contributed by atoms with Gasteiger partial charge in [0.25, 0.3) is 0 Å². The molecule has 0 aromatic heterocycles. The first-order chi connectivity index (χ1) is 20.0. The van der Waals surface area contributed by atoms with Gasteiger partial charge >= 0.3 is 0 Å². The number of fused-ring (bicyclic) bond motifs is 1. The van der Waals surface area contributed by atoms with Gasteiger partial charge in [0.2, 0.25) is 0 Å². The minimum absolute atomic E-state index is 0.310. The summed E-state index contributed by atoms with van der Waals surface area (Å²) in [6, 6.07) is 12.4. The van der Waals surface area contributed by atoms with E-state index in [4.69, 9.17) is 7.98 Å². The van der Waals surface area contributed by atoms with E-state index in [0.29, 0.717) is 11.5 Å². The number of allylic oxidation sites excluding steroid dienone is 5. The van der Waals surface area contributed by atoms with Crippen molar-refractivity contribution in [1.82, 2.24) is 9.71 Å². The van der Waals surface area contributed by atoms with E-state index in [2.05, 4.69) is 103 Å². The second kappa shape index (κ2) is 14.0. The minimum atomic E-state index is 0.310. The standard InChI is InChI=1S/C39H55BN2/c1-10-20-41(25-38-28(6)22-35(24-33(38)11-2)36(12-3)30(8)29(7)27(4)5)26-39(18-19-39)17-15-32-13-14-34-16-21-42(40)31(9)37(34)23-32/h12-14,22-24,31H,4,10-11,15-21,25-26H2,1-3,5-9H3/b30-29-,36-12+. The lowest BCUT2D eigenvalue weighted by molar-refractivity contribution is 0.204. The van der Waals surface area contributed by atoms with Crippen LogP contribution in [0.25, 0.3) is 5.57 Å². The van der Waals surface area contributed by atoms with Crippen LogP contribution in [0.15, 0.2) is 59.7 Å². The number of hydrogen-bond acceptors (Lipinski definition) is 2. The van der Waals surface area contributed by atoms with Gasteiger partial charge < -0.3 is 4.81 Å². The Morgan fingerprint density at radius 3 is 2.48 bits per heavy atom. The third kappa shape index (κ3) is 7.40. The molecule has 4 rings (SSSR count). The normalized spacial score (nSPS) is 19.1. The Morgan fingerprint density at radius 1 is 1.12 bits per heavy atom. The van der Waals surface area contributed by atoms with Crippen LogP contribution in [-0.4, -0.2) is 37.3 Å². The minimum Gasteiger partial charge on any atom is -0.347 e. The SMILES string of the molecule is [B]N1CCc2ccc(CCC3(CN(CCC)Cc4c(C)cc(C(=C/C)/C(C)=C(/C)C(=C)C)cc4CC)CC3)cc2C1C. The van der Waals surface area contributed by atoms with Gasteiger partial charge in [-0.3, -0.25) is 4.90 Å². The van der Waals surface area contributed by atoms with Crippen LogP contribution in [0.4, 0.5) is 0 Å². The van der Waals surface area contributed by atoms with Gasteiger partial charge in [-0.25, -0.2) is 0 Å². The van der Waals surface area contributed by atoms with Gasteiger partial charge in [0.05, 0.1) is 0 Å². The van der Waals surface area contributed by atoms with Crippen LogP contribution in [0.2, 0.25) is 0 Å². The van der Waals surface area contributed by atoms with Crippen molar-refractivity contribution in [3.8, 4) is 0 Å². The fraction of sp³-hybridized carbons (Fsp3) is 0.538. The van der Waals surface area contributed by atoms with E-state index in [-0.39, 0.29) is 0 Å². The maximum absolute atomic E-state index is 6.26. The van der Waals surface area contributed by atoms with Crippen molar-refractivity contribution in [3.63, 3.8) is 0 Å². The molecule has 1 unspecified atom stereocenters. The number of rotatable bonds is 13. The summed E-state index contributed by atoms with van der Waals surface area (Å²) in [6.45, 7) is 26.5. The van der Waals surface area contributed by atoms with Gasteiger partial charge in [-0.1, -0.05) is 62.4 Å². The smallest absolute Gasteiger partial charge is 0.183 e. The Kier molecular flexibility index (Phi) is 10.8. The third-order valence-corrected chi connectivity index (χ3v) is 10.3. The first kappa shape index (κ1) is 32.6. The van der Waals surface area contributed by atoms with Crippen molar-refractivity contribution in [1.29, 1.82) is 0 Å². The van der Waals surface area contributed by atoms with Gasteiger partial charge in [-0.15, -0.1) is 0 Å². The Labute approximate surface area is 259 Å². The predicted molar refractivity (Wildman–Crippen MR) is 184 cm³/mol. The van der Waals surface area contributed by atoms with Crippen LogP contribution in [0, 0.1) is 12.3 Å². The quantitative estimate of drug-likeness (QED) is 0.177. The zero-order chi connectivity index (χ0) is 30.6. The number of benzene rings is 2. The molecule has 0 saturated heterocycles. The molecule has 1 fully saturated rings. The van der Waals surface area contributed by atoms with E-state index in [0.717, 1.165) is 38.0 Å². The molecule has 1 aliphatic carbocycles. The lowest BCUT2D eigenvalue weighted by atomic mass is 9.87. The van der Waals surface area contributed by atoms with Crippen molar-refractivity contribution in [3.05, 3.63) is 98.7 Å². The highest BCUT2D eigenvalue weighted by Crippen LogP contribution is 2.50. The molecule has 0 N–H and O–H groups in total. The summed E-state index contributed by atoms with van der Waals surface area (Å²) >= 11 is 0. The largest absolute Gasteiger partial charge is 0.347 e. The zero-order valence-electron chi connectivity index (χ0n) is 28.0. The molecule has 42 heavy (non-hydrogen) atoms. The first-order valence-electron chi connectivity index (χ1n) is 16.5. The second-order valence-electron chi connectivity index (χ2n) is 13.4. The Balaban J connectivity index is 1.50. The lowest BCUT2D eigenvalue weighted by Crippen LogP contribution is -2.32. The summed E-state index contributed by atoms with van der Waals surface area (Å²) in [7, 11) is 6.26. The number of nitrogens with zero attached hydrogens (tertiary/aromatic N) is 2. The Bertz CT molecular complexity index is 1340. The summed E-state index contributed by atoms with van der Waals surface area (Å²) in [4.78, 5) is 4.76. The molecule has 1 aliphatic heterocycles. The molecule has 0 amide bonds. The van der Waals surface area contributed by atoms with Gasteiger partial charge in [0, 0.05) is 19.1 Å². The molecule has 2 aromatic rings. The van der Waals surface area contributed by atoms with E-state index < -0.39 is 0 Å². The van der Waals surface area contributed by atoms with Crippen LogP contribution in [0.1, 0.15) is 119 Å². The van der Waals surface area contributed by atoms with E-state index >= 15 is 0 Å². The average Bonchev–Trinajstić information content (AvgIpc) is 3.74. The van der Waals surface area contributed by atoms with E-state index in [1.54, 1.807) is 0 Å². The molecule has 0 spiro atoms. The summed E-state index contributed by atoms with van der Waals surface area (Å²) in [5.41, 5.74) is 15.8. The van der Waals surface area contributed by atoms with Crippen LogP contribution in [0.3, 0.4) is 0 Å². The molecule has 224 valence electrons. The Hall–Kier alpha value is -2.36. The predicted octanol–water partition coefficient (Wildman–Crippen LogP) is 9.50. The van der Waals surface area contributed by atoms with Gasteiger partial charge in [0.1, 0.15) is 0 Å². The molecule has 2 aromatic carbocycles. The molecule has 3 heteroatoms. The van der Waals surface area contributed by atoms with Crippen LogP contribution in [-0.2, 0) is 25.8 Å². The molecular weight excluding hydrogens is 507 g/mol. The number of hydrogen-bond donors (Lipinski definition) is 0. The summed E-state index contributed by atoms with van der Waals surface area (Å²) < 4.78 is 0.